The lowest BCUT2D eigenvalue weighted by Crippen LogP contribution is -1.97. The highest BCUT2D eigenvalue weighted by atomic mass is 16.5. The van der Waals surface area contributed by atoms with Crippen molar-refractivity contribution in [2.24, 2.45) is 7.05 Å². The van der Waals surface area contributed by atoms with Gasteiger partial charge in [-0.3, -0.25) is 4.68 Å². The second kappa shape index (κ2) is 3.77. The van der Waals surface area contributed by atoms with Gasteiger partial charge in [-0.25, -0.2) is 0 Å². The molecule has 2 aromatic rings. The maximum atomic E-state index is 5.41. The zero-order valence-corrected chi connectivity index (χ0v) is 9.19. The number of aromatic nitrogens is 2. The summed E-state index contributed by atoms with van der Waals surface area (Å²) in [6.07, 6.45) is 1.79. The van der Waals surface area contributed by atoms with Crippen LogP contribution in [0.25, 0.3) is 11.3 Å². The van der Waals surface area contributed by atoms with Gasteiger partial charge >= 0.3 is 0 Å². The van der Waals surface area contributed by atoms with Gasteiger partial charge in [0, 0.05) is 18.8 Å². The molecule has 0 aliphatic heterocycles. The van der Waals surface area contributed by atoms with Gasteiger partial charge in [0.25, 0.3) is 0 Å². The Bertz CT molecular complexity index is 474. The van der Waals surface area contributed by atoms with Crippen molar-refractivity contribution in [2.45, 2.75) is 6.92 Å². The molecule has 3 nitrogen and oxygen atoms in total. The van der Waals surface area contributed by atoms with Crippen LogP contribution >= 0.6 is 0 Å². The zero-order valence-electron chi connectivity index (χ0n) is 9.19. The Balaban J connectivity index is 2.63. The van der Waals surface area contributed by atoms with Crippen LogP contribution in [0.1, 0.15) is 5.56 Å². The van der Waals surface area contributed by atoms with Gasteiger partial charge in [-0.2, -0.15) is 5.10 Å². The Labute approximate surface area is 89.3 Å². The molecule has 1 aromatic heterocycles. The summed E-state index contributed by atoms with van der Waals surface area (Å²) in [6.45, 7) is 2.04. The third-order valence-corrected chi connectivity index (χ3v) is 2.51. The number of rotatable bonds is 2. The topological polar surface area (TPSA) is 27.1 Å². The molecular weight excluding hydrogens is 188 g/mol. The van der Waals surface area contributed by atoms with Crippen molar-refractivity contribution < 1.29 is 4.74 Å². The van der Waals surface area contributed by atoms with E-state index in [1.807, 2.05) is 42.9 Å². The molecule has 0 aliphatic rings. The van der Waals surface area contributed by atoms with Crippen molar-refractivity contribution in [2.75, 3.05) is 7.11 Å². The highest BCUT2D eigenvalue weighted by Crippen LogP contribution is 2.31. The molecule has 0 saturated heterocycles. The Kier molecular flexibility index (Phi) is 2.46. The minimum atomic E-state index is 0.918. The van der Waals surface area contributed by atoms with E-state index in [0.29, 0.717) is 0 Å². The second-order valence-corrected chi connectivity index (χ2v) is 3.50. The molecule has 0 spiro atoms. The van der Waals surface area contributed by atoms with E-state index in [9.17, 15) is 0 Å². The van der Waals surface area contributed by atoms with Crippen molar-refractivity contribution in [1.29, 1.82) is 0 Å². The number of benzene rings is 1. The average molecular weight is 202 g/mol. The third-order valence-electron chi connectivity index (χ3n) is 2.51. The molecule has 0 amide bonds. The van der Waals surface area contributed by atoms with Crippen LogP contribution in [-0.2, 0) is 7.05 Å². The van der Waals surface area contributed by atoms with Crippen LogP contribution in [0.2, 0.25) is 0 Å². The number of ether oxygens (including phenoxy) is 1. The van der Waals surface area contributed by atoms with E-state index in [0.717, 1.165) is 22.6 Å². The van der Waals surface area contributed by atoms with Crippen LogP contribution in [0.3, 0.4) is 0 Å². The highest BCUT2D eigenvalue weighted by Gasteiger charge is 2.10. The second-order valence-electron chi connectivity index (χ2n) is 3.50. The minimum absolute atomic E-state index is 0.918. The molecule has 3 heteroatoms. The van der Waals surface area contributed by atoms with E-state index < -0.39 is 0 Å². The maximum Gasteiger partial charge on any atom is 0.131 e. The van der Waals surface area contributed by atoms with Crippen LogP contribution in [0.4, 0.5) is 0 Å². The van der Waals surface area contributed by atoms with E-state index in [1.54, 1.807) is 13.3 Å². The summed E-state index contributed by atoms with van der Waals surface area (Å²) in [5, 5.41) is 4.16. The molecule has 15 heavy (non-hydrogen) atoms. The standard InChI is InChI=1S/C12H14N2O/c1-9-5-4-6-10(12(9)15-3)11-7-8-13-14(11)2/h4-8H,1-3H3. The fourth-order valence-electron chi connectivity index (χ4n) is 1.76. The fraction of sp³-hybridized carbons (Fsp3) is 0.250. The van der Waals surface area contributed by atoms with E-state index in [1.165, 1.54) is 0 Å². The molecule has 78 valence electrons. The van der Waals surface area contributed by atoms with Crippen LogP contribution in [0.15, 0.2) is 30.5 Å². The number of hydrogen-bond donors (Lipinski definition) is 0. The van der Waals surface area contributed by atoms with Gasteiger partial charge in [-0.05, 0) is 24.6 Å². The van der Waals surface area contributed by atoms with Crippen molar-refractivity contribution in [3.05, 3.63) is 36.0 Å². The molecule has 0 radical (unpaired) electrons. The summed E-state index contributed by atoms with van der Waals surface area (Å²) in [5.74, 6) is 0.918. The molecule has 0 bridgehead atoms. The first-order valence-electron chi connectivity index (χ1n) is 4.86. The number of aryl methyl sites for hydroxylation is 2. The smallest absolute Gasteiger partial charge is 0.131 e. The Morgan fingerprint density at radius 3 is 2.67 bits per heavy atom. The molecule has 0 aliphatic carbocycles. The van der Waals surface area contributed by atoms with Gasteiger partial charge in [-0.15, -0.1) is 0 Å². The molecule has 0 unspecified atom stereocenters. The molecule has 0 saturated carbocycles. The first-order chi connectivity index (χ1) is 7.24. The van der Waals surface area contributed by atoms with Crippen LogP contribution in [0, 0.1) is 6.92 Å². The molecular formula is C12H14N2O. The van der Waals surface area contributed by atoms with Crippen LogP contribution < -0.4 is 4.74 Å². The van der Waals surface area contributed by atoms with Crippen LogP contribution in [-0.4, -0.2) is 16.9 Å². The third kappa shape index (κ3) is 1.61. The molecule has 0 atom stereocenters. The van der Waals surface area contributed by atoms with Crippen LogP contribution in [0.5, 0.6) is 5.75 Å². The predicted octanol–water partition coefficient (Wildman–Crippen LogP) is 2.40. The van der Waals surface area contributed by atoms with Crippen molar-refractivity contribution in [3.63, 3.8) is 0 Å². The zero-order chi connectivity index (χ0) is 10.8. The Morgan fingerprint density at radius 2 is 2.07 bits per heavy atom. The first-order valence-corrected chi connectivity index (χ1v) is 4.86. The number of methoxy groups -OCH3 is 1. The fourth-order valence-corrected chi connectivity index (χ4v) is 1.76. The Hall–Kier alpha value is -1.77. The monoisotopic (exact) mass is 202 g/mol. The summed E-state index contributed by atoms with van der Waals surface area (Å²) in [5.41, 5.74) is 3.28. The minimum Gasteiger partial charge on any atom is -0.496 e. The predicted molar refractivity (Wildman–Crippen MR) is 59.9 cm³/mol. The molecule has 2 rings (SSSR count). The van der Waals surface area contributed by atoms with Gasteiger partial charge in [0.15, 0.2) is 0 Å². The molecule has 1 aromatic carbocycles. The quantitative estimate of drug-likeness (QED) is 0.747. The largest absolute Gasteiger partial charge is 0.496 e. The van der Waals surface area contributed by atoms with E-state index in [2.05, 4.69) is 5.10 Å². The van der Waals surface area contributed by atoms with Gasteiger partial charge in [-0.1, -0.05) is 12.1 Å². The Morgan fingerprint density at radius 1 is 1.27 bits per heavy atom. The van der Waals surface area contributed by atoms with E-state index in [-0.39, 0.29) is 0 Å². The first kappa shape index (κ1) is 9.77. The van der Waals surface area contributed by atoms with Gasteiger partial charge < -0.3 is 4.74 Å². The highest BCUT2D eigenvalue weighted by molar-refractivity contribution is 5.69. The molecule has 1 heterocycles. The van der Waals surface area contributed by atoms with E-state index >= 15 is 0 Å². The molecule has 0 N–H and O–H groups in total. The average Bonchev–Trinajstić information content (AvgIpc) is 2.64. The normalized spacial score (nSPS) is 10.3. The van der Waals surface area contributed by atoms with Gasteiger partial charge in [0.05, 0.1) is 12.8 Å². The summed E-state index contributed by atoms with van der Waals surface area (Å²) < 4.78 is 7.26. The maximum absolute atomic E-state index is 5.41. The lowest BCUT2D eigenvalue weighted by atomic mass is 10.1. The van der Waals surface area contributed by atoms with Gasteiger partial charge in [0.1, 0.15) is 5.75 Å². The summed E-state index contributed by atoms with van der Waals surface area (Å²) in [7, 11) is 3.62. The summed E-state index contributed by atoms with van der Waals surface area (Å²) in [4.78, 5) is 0. The SMILES string of the molecule is COc1c(C)cccc1-c1ccnn1C. The molecule has 0 fully saturated rings. The lowest BCUT2D eigenvalue weighted by molar-refractivity contribution is 0.413. The number of para-hydroxylation sites is 1. The van der Waals surface area contributed by atoms with Gasteiger partial charge in [0.2, 0.25) is 0 Å². The van der Waals surface area contributed by atoms with E-state index in [4.69, 9.17) is 4.74 Å². The summed E-state index contributed by atoms with van der Waals surface area (Å²) >= 11 is 0. The number of nitrogens with zero attached hydrogens (tertiary/aromatic N) is 2. The number of hydrogen-bond acceptors (Lipinski definition) is 2. The summed E-state index contributed by atoms with van der Waals surface area (Å²) in [6, 6.07) is 8.10. The van der Waals surface area contributed by atoms with Crippen molar-refractivity contribution in [3.8, 4) is 17.0 Å². The lowest BCUT2D eigenvalue weighted by Gasteiger charge is -2.11. The van der Waals surface area contributed by atoms with Crippen molar-refractivity contribution in [1.82, 2.24) is 9.78 Å². The van der Waals surface area contributed by atoms with Crippen molar-refractivity contribution >= 4 is 0 Å².